The third-order valence-corrected chi connectivity index (χ3v) is 11.2. The Kier molecular flexibility index (Phi) is 10.4. The maximum Gasteiger partial charge on any atom is 0.416 e. The molecule has 0 bridgehead atoms. The van der Waals surface area contributed by atoms with Gasteiger partial charge in [-0.1, -0.05) is 0 Å². The van der Waals surface area contributed by atoms with Gasteiger partial charge >= 0.3 is 43.2 Å². The normalized spacial score (nSPS) is 14.4. The van der Waals surface area contributed by atoms with Crippen LogP contribution >= 0.6 is 10.0 Å². The monoisotopic (exact) mass is 830 g/mol. The molecule has 0 aromatic heterocycles. The van der Waals surface area contributed by atoms with Gasteiger partial charge in [0.25, 0.3) is 0 Å². The summed E-state index contributed by atoms with van der Waals surface area (Å²) in [5.74, 6) is 0. The van der Waals surface area contributed by atoms with Gasteiger partial charge in [0.05, 0.1) is 38.9 Å². The zero-order valence-electron chi connectivity index (χ0n) is 25.8. The lowest BCUT2D eigenvalue weighted by Gasteiger charge is -2.44. The van der Waals surface area contributed by atoms with Crippen molar-refractivity contribution in [3.63, 3.8) is 0 Å². The molecule has 54 heavy (non-hydrogen) atoms. The van der Waals surface area contributed by atoms with Gasteiger partial charge in [0.2, 0.25) is 0 Å². The van der Waals surface area contributed by atoms with Crippen LogP contribution in [0.2, 0.25) is 0 Å². The molecule has 0 heterocycles. The second-order valence-corrected chi connectivity index (χ2v) is 14.5. The lowest BCUT2D eigenvalue weighted by Crippen LogP contribution is -2.18. The Hall–Kier alpha value is -4.24. The SMILES string of the molecule is Cc1cc(C(F)(F)F)cc(S(c2cc(C(F)(F)F)cc(C(F)(F)F)c2)(c2cc(C(F)(F)F)cc(C(F)(F)F)c2)c2cc(C(F)(F)F)cc(C(F)(F)F)c2)c1. The molecule has 0 radical (unpaired) electrons. The lowest BCUT2D eigenvalue weighted by atomic mass is 10.1. The first-order valence-corrected chi connectivity index (χ1v) is 15.6. The van der Waals surface area contributed by atoms with Gasteiger partial charge in [-0.2, -0.15) is 92.2 Å². The molecule has 0 saturated carbocycles. The standard InChI is InChI=1S/C32H15F21S/c1-14-2-15(26(33,34)35)7-22(3-14)54(23-8-16(27(36,37)38)4-17(9-23)28(39,40)41,24-10-18(29(42,43)44)5-19(11-24)30(45,46)47)25-12-20(31(48,49)50)6-21(13-25)32(51,52)53/h2-13H,1H3. The van der Waals surface area contributed by atoms with Gasteiger partial charge in [0, 0.05) is 19.6 Å². The maximum atomic E-state index is 14.2. The quantitative estimate of drug-likeness (QED) is 0.180. The number of aryl methyl sites for hydroxylation is 1. The molecule has 296 valence electrons. The molecule has 0 aliphatic carbocycles. The molecular formula is C32H15F21S. The third-order valence-electron chi connectivity index (χ3n) is 7.48. The Morgan fingerprint density at radius 1 is 0.259 bits per heavy atom. The highest BCUT2D eigenvalue weighted by Crippen LogP contribution is 2.75. The van der Waals surface area contributed by atoms with Gasteiger partial charge in [-0.15, -0.1) is 10.0 Å². The van der Waals surface area contributed by atoms with E-state index in [0.29, 0.717) is 6.07 Å². The fraction of sp³-hybridized carbons (Fsp3) is 0.250. The van der Waals surface area contributed by atoms with E-state index in [2.05, 4.69) is 0 Å². The minimum absolute atomic E-state index is 0.211. The zero-order chi connectivity index (χ0) is 41.4. The second-order valence-electron chi connectivity index (χ2n) is 11.4. The topological polar surface area (TPSA) is 0 Å². The molecule has 4 rings (SSSR count). The van der Waals surface area contributed by atoms with Crippen molar-refractivity contribution in [2.24, 2.45) is 0 Å². The van der Waals surface area contributed by atoms with E-state index < -0.39 is 172 Å². The summed E-state index contributed by atoms with van der Waals surface area (Å²) in [7, 11) is -5.61. The summed E-state index contributed by atoms with van der Waals surface area (Å²) in [5.41, 5.74) is -17.3. The highest BCUT2D eigenvalue weighted by Gasteiger charge is 2.47. The van der Waals surface area contributed by atoms with Crippen molar-refractivity contribution in [1.82, 2.24) is 0 Å². The molecule has 4 aromatic carbocycles. The molecule has 0 spiro atoms. The largest absolute Gasteiger partial charge is 0.416 e. The van der Waals surface area contributed by atoms with Crippen LogP contribution in [0.1, 0.15) is 44.5 Å². The first kappa shape index (κ1) is 42.5. The van der Waals surface area contributed by atoms with Gasteiger partial charge in [-0.25, -0.2) is 0 Å². The number of hydrogen-bond acceptors (Lipinski definition) is 0. The lowest BCUT2D eigenvalue weighted by molar-refractivity contribution is -0.144. The maximum absolute atomic E-state index is 14.2. The van der Waals surface area contributed by atoms with Crippen molar-refractivity contribution in [3.8, 4) is 0 Å². The zero-order valence-corrected chi connectivity index (χ0v) is 26.6. The van der Waals surface area contributed by atoms with E-state index in [0.717, 1.165) is 6.92 Å². The Balaban J connectivity index is 2.56. The Labute approximate surface area is 289 Å². The summed E-state index contributed by atoms with van der Waals surface area (Å²) in [6, 6.07) is -4.06. The van der Waals surface area contributed by atoms with Crippen LogP contribution in [0.25, 0.3) is 0 Å². The number of hydrogen-bond donors (Lipinski definition) is 0. The van der Waals surface area contributed by atoms with Crippen LogP contribution in [0, 0.1) is 6.92 Å². The smallest absolute Gasteiger partial charge is 0.166 e. The van der Waals surface area contributed by atoms with E-state index in [4.69, 9.17) is 0 Å². The molecule has 0 nitrogen and oxygen atoms in total. The first-order chi connectivity index (χ1) is 24.1. The molecule has 0 aliphatic heterocycles. The summed E-state index contributed by atoms with van der Waals surface area (Å²) in [6.45, 7) is 0.733. The van der Waals surface area contributed by atoms with E-state index in [1.165, 1.54) is 0 Å². The molecule has 0 aliphatic rings. The van der Waals surface area contributed by atoms with Crippen molar-refractivity contribution in [2.75, 3.05) is 0 Å². The predicted octanol–water partition coefficient (Wildman–Crippen LogP) is 14.5. The molecular weight excluding hydrogens is 815 g/mol. The van der Waals surface area contributed by atoms with Gasteiger partial charge < -0.3 is 0 Å². The van der Waals surface area contributed by atoms with Gasteiger partial charge in [-0.3, -0.25) is 0 Å². The number of alkyl halides is 21. The van der Waals surface area contributed by atoms with E-state index in [1.807, 2.05) is 0 Å². The summed E-state index contributed by atoms with van der Waals surface area (Å²) < 4.78 is 298. The van der Waals surface area contributed by atoms with Crippen molar-refractivity contribution in [1.29, 1.82) is 0 Å². The number of benzene rings is 4. The highest BCUT2D eigenvalue weighted by molar-refractivity contribution is 8.34. The van der Waals surface area contributed by atoms with Gasteiger partial charge in [0.1, 0.15) is 0 Å². The van der Waals surface area contributed by atoms with Gasteiger partial charge in [0.15, 0.2) is 0 Å². The molecule has 0 fully saturated rings. The molecule has 0 atom stereocenters. The number of halogens is 21. The predicted molar refractivity (Wildman–Crippen MR) is 146 cm³/mol. The summed E-state index contributed by atoms with van der Waals surface area (Å²) in [5, 5.41) is 0. The van der Waals surface area contributed by atoms with Crippen LogP contribution in [0.15, 0.2) is 92.4 Å². The van der Waals surface area contributed by atoms with Crippen LogP contribution in [-0.2, 0) is 43.2 Å². The van der Waals surface area contributed by atoms with Crippen LogP contribution in [0.3, 0.4) is 0 Å². The molecule has 4 aromatic rings. The summed E-state index contributed by atoms with van der Waals surface area (Å²) in [4.78, 5) is -7.03. The molecule has 0 unspecified atom stereocenters. The minimum atomic E-state index is -5.93. The first-order valence-electron chi connectivity index (χ1n) is 14.0. The van der Waals surface area contributed by atoms with Crippen LogP contribution in [0.4, 0.5) is 92.2 Å². The third kappa shape index (κ3) is 8.67. The number of rotatable bonds is 4. The average molecular weight is 830 g/mol. The van der Waals surface area contributed by atoms with Crippen molar-refractivity contribution < 1.29 is 92.2 Å². The highest BCUT2D eigenvalue weighted by atomic mass is 32.3. The Bertz CT molecular complexity index is 1760. The fourth-order valence-corrected chi connectivity index (χ4v) is 9.34. The Morgan fingerprint density at radius 3 is 0.611 bits per heavy atom. The van der Waals surface area contributed by atoms with E-state index >= 15 is 0 Å². The van der Waals surface area contributed by atoms with Crippen molar-refractivity contribution in [2.45, 2.75) is 69.7 Å². The minimum Gasteiger partial charge on any atom is -0.166 e. The van der Waals surface area contributed by atoms with E-state index in [9.17, 15) is 92.2 Å². The summed E-state index contributed by atoms with van der Waals surface area (Å²) >= 11 is 0. The van der Waals surface area contributed by atoms with Crippen molar-refractivity contribution in [3.05, 3.63) is 117 Å². The van der Waals surface area contributed by atoms with E-state index in [-0.39, 0.29) is 12.1 Å². The van der Waals surface area contributed by atoms with Crippen molar-refractivity contribution >= 4 is 10.0 Å². The Morgan fingerprint density at radius 2 is 0.426 bits per heavy atom. The van der Waals surface area contributed by atoms with Crippen LogP contribution < -0.4 is 0 Å². The molecule has 0 N–H and O–H groups in total. The van der Waals surface area contributed by atoms with Gasteiger partial charge in [-0.05, 0) is 85.3 Å². The van der Waals surface area contributed by atoms with E-state index in [1.54, 1.807) is 0 Å². The summed E-state index contributed by atoms with van der Waals surface area (Å²) in [6.07, 6.45) is -41.2. The molecule has 0 saturated heterocycles. The average Bonchev–Trinajstić information content (AvgIpc) is 2.98. The molecule has 22 heteroatoms. The fourth-order valence-electron chi connectivity index (χ4n) is 5.21. The van der Waals surface area contributed by atoms with Crippen LogP contribution in [-0.4, -0.2) is 0 Å². The van der Waals surface area contributed by atoms with Crippen LogP contribution in [0.5, 0.6) is 0 Å². The second kappa shape index (κ2) is 13.2. The molecule has 0 amide bonds.